The summed E-state index contributed by atoms with van der Waals surface area (Å²) < 4.78 is 5.21. The Kier molecular flexibility index (Phi) is 6.59. The maximum absolute atomic E-state index is 12.7. The van der Waals surface area contributed by atoms with E-state index in [1.54, 1.807) is 6.07 Å². The van der Waals surface area contributed by atoms with Gasteiger partial charge < -0.3 is 15.4 Å². The largest absolute Gasteiger partial charge is 0.452 e. The summed E-state index contributed by atoms with van der Waals surface area (Å²) in [5.41, 5.74) is 1.67. The van der Waals surface area contributed by atoms with Gasteiger partial charge in [0.15, 0.2) is 6.61 Å². The summed E-state index contributed by atoms with van der Waals surface area (Å²) in [6.07, 6.45) is 3.64. The number of hydrogen-bond donors (Lipinski definition) is 2. The standard InChI is InChI=1S/C19H18Cl2N2O4S/c1-10(24)22-18-17(14-4-2-3-5-15(14)28-18)19(26)27-9-16(25)23-13-7-11(20)6-12(21)8-13/h6-8H,2-5,9H2,1H3,(H,22,24)(H,23,25). The van der Waals surface area contributed by atoms with Gasteiger partial charge in [0.25, 0.3) is 5.91 Å². The second kappa shape index (κ2) is 8.94. The highest BCUT2D eigenvalue weighted by Crippen LogP contribution is 2.38. The first-order valence-corrected chi connectivity index (χ1v) is 10.3. The molecule has 1 aromatic heterocycles. The van der Waals surface area contributed by atoms with Crippen molar-refractivity contribution in [1.82, 2.24) is 0 Å². The van der Waals surface area contributed by atoms with Crippen molar-refractivity contribution in [2.75, 3.05) is 17.2 Å². The molecule has 0 saturated heterocycles. The summed E-state index contributed by atoms with van der Waals surface area (Å²) >= 11 is 13.2. The lowest BCUT2D eigenvalue weighted by Crippen LogP contribution is -2.22. The van der Waals surface area contributed by atoms with Crippen molar-refractivity contribution < 1.29 is 19.1 Å². The van der Waals surface area contributed by atoms with Crippen molar-refractivity contribution in [3.63, 3.8) is 0 Å². The second-order valence-corrected chi connectivity index (χ2v) is 8.36. The molecule has 1 aromatic carbocycles. The third-order valence-electron chi connectivity index (χ3n) is 4.15. The molecular weight excluding hydrogens is 423 g/mol. The maximum atomic E-state index is 12.7. The minimum absolute atomic E-state index is 0.261. The average molecular weight is 441 g/mol. The highest BCUT2D eigenvalue weighted by atomic mass is 35.5. The SMILES string of the molecule is CC(=O)Nc1sc2c(c1C(=O)OCC(=O)Nc1cc(Cl)cc(Cl)c1)CCCC2. The van der Waals surface area contributed by atoms with E-state index in [4.69, 9.17) is 27.9 Å². The number of aryl methyl sites for hydroxylation is 1. The van der Waals surface area contributed by atoms with E-state index < -0.39 is 18.5 Å². The Morgan fingerprint density at radius 1 is 1.07 bits per heavy atom. The molecule has 2 amide bonds. The molecule has 1 aliphatic carbocycles. The van der Waals surface area contributed by atoms with Gasteiger partial charge in [-0.05, 0) is 49.4 Å². The molecular formula is C19H18Cl2N2O4S. The normalized spacial score (nSPS) is 12.8. The molecule has 1 heterocycles. The highest BCUT2D eigenvalue weighted by molar-refractivity contribution is 7.17. The van der Waals surface area contributed by atoms with Crippen LogP contribution in [0.1, 0.15) is 40.6 Å². The van der Waals surface area contributed by atoms with Crippen LogP contribution >= 0.6 is 34.5 Å². The van der Waals surface area contributed by atoms with Crippen LogP contribution in [0.25, 0.3) is 0 Å². The number of halogens is 2. The van der Waals surface area contributed by atoms with Gasteiger partial charge in [0.05, 0.1) is 5.56 Å². The number of rotatable bonds is 5. The Hall–Kier alpha value is -2.09. The number of thiophene rings is 1. The van der Waals surface area contributed by atoms with Crippen LogP contribution in [-0.2, 0) is 27.2 Å². The number of esters is 1. The summed E-state index contributed by atoms with van der Waals surface area (Å²) in [6.45, 7) is 0.921. The van der Waals surface area contributed by atoms with Gasteiger partial charge >= 0.3 is 5.97 Å². The summed E-state index contributed by atoms with van der Waals surface area (Å²) in [6, 6.07) is 4.62. The van der Waals surface area contributed by atoms with Crippen molar-refractivity contribution in [2.24, 2.45) is 0 Å². The number of fused-ring (bicyclic) bond motifs is 1. The van der Waals surface area contributed by atoms with E-state index in [1.165, 1.54) is 30.4 Å². The third kappa shape index (κ3) is 5.04. The molecule has 0 atom stereocenters. The predicted octanol–water partition coefficient (Wildman–Crippen LogP) is 4.69. The Morgan fingerprint density at radius 2 is 1.75 bits per heavy atom. The summed E-state index contributed by atoms with van der Waals surface area (Å²) in [7, 11) is 0. The molecule has 0 unspecified atom stereocenters. The molecule has 0 saturated carbocycles. The lowest BCUT2D eigenvalue weighted by molar-refractivity contribution is -0.119. The maximum Gasteiger partial charge on any atom is 0.341 e. The van der Waals surface area contributed by atoms with Crippen LogP contribution in [0.15, 0.2) is 18.2 Å². The molecule has 0 radical (unpaired) electrons. The van der Waals surface area contributed by atoms with E-state index in [0.717, 1.165) is 36.1 Å². The van der Waals surface area contributed by atoms with Gasteiger partial charge in [-0.25, -0.2) is 4.79 Å². The van der Waals surface area contributed by atoms with Gasteiger partial charge in [-0.2, -0.15) is 0 Å². The van der Waals surface area contributed by atoms with E-state index in [1.807, 2.05) is 0 Å². The number of ether oxygens (including phenoxy) is 1. The predicted molar refractivity (Wildman–Crippen MR) is 111 cm³/mol. The zero-order valence-corrected chi connectivity index (χ0v) is 17.4. The van der Waals surface area contributed by atoms with E-state index in [0.29, 0.717) is 26.3 Å². The van der Waals surface area contributed by atoms with Crippen LogP contribution in [-0.4, -0.2) is 24.4 Å². The van der Waals surface area contributed by atoms with Crippen molar-refractivity contribution >= 4 is 63.0 Å². The van der Waals surface area contributed by atoms with Gasteiger partial charge in [-0.3, -0.25) is 9.59 Å². The average Bonchev–Trinajstić information content (AvgIpc) is 2.95. The fourth-order valence-electron chi connectivity index (χ4n) is 3.06. The fourth-order valence-corrected chi connectivity index (χ4v) is 4.91. The number of hydrogen-bond acceptors (Lipinski definition) is 5. The van der Waals surface area contributed by atoms with E-state index in [9.17, 15) is 14.4 Å². The highest BCUT2D eigenvalue weighted by Gasteiger charge is 2.27. The van der Waals surface area contributed by atoms with Crippen LogP contribution in [0, 0.1) is 0 Å². The van der Waals surface area contributed by atoms with Crippen molar-refractivity contribution in [2.45, 2.75) is 32.6 Å². The Morgan fingerprint density at radius 3 is 2.43 bits per heavy atom. The minimum Gasteiger partial charge on any atom is -0.452 e. The molecule has 28 heavy (non-hydrogen) atoms. The number of amides is 2. The van der Waals surface area contributed by atoms with Crippen LogP contribution in [0.5, 0.6) is 0 Å². The molecule has 3 rings (SSSR count). The van der Waals surface area contributed by atoms with E-state index in [-0.39, 0.29) is 5.91 Å². The molecule has 2 N–H and O–H groups in total. The first kappa shape index (κ1) is 20.6. The molecule has 0 bridgehead atoms. The molecule has 0 fully saturated rings. The first-order valence-electron chi connectivity index (χ1n) is 8.68. The number of benzene rings is 1. The minimum atomic E-state index is -0.623. The zero-order chi connectivity index (χ0) is 20.3. The number of nitrogens with one attached hydrogen (secondary N) is 2. The Labute approximate surface area is 176 Å². The fraction of sp³-hybridized carbons (Fsp3) is 0.316. The monoisotopic (exact) mass is 440 g/mol. The lowest BCUT2D eigenvalue weighted by atomic mass is 9.95. The van der Waals surface area contributed by atoms with Gasteiger partial charge in [0.1, 0.15) is 5.00 Å². The Balaban J connectivity index is 1.69. The molecule has 0 spiro atoms. The van der Waals surface area contributed by atoms with Crippen LogP contribution in [0.3, 0.4) is 0 Å². The topological polar surface area (TPSA) is 84.5 Å². The number of anilines is 2. The summed E-state index contributed by atoms with van der Waals surface area (Å²) in [5, 5.41) is 6.52. The zero-order valence-electron chi connectivity index (χ0n) is 15.1. The molecule has 6 nitrogen and oxygen atoms in total. The molecule has 1 aliphatic rings. The van der Waals surface area contributed by atoms with Crippen molar-refractivity contribution in [3.8, 4) is 0 Å². The smallest absolute Gasteiger partial charge is 0.341 e. The van der Waals surface area contributed by atoms with Crippen LogP contribution in [0.4, 0.5) is 10.7 Å². The molecule has 2 aromatic rings. The first-order chi connectivity index (χ1) is 13.3. The third-order valence-corrected chi connectivity index (χ3v) is 5.79. The van der Waals surface area contributed by atoms with Crippen molar-refractivity contribution in [1.29, 1.82) is 0 Å². The molecule has 148 valence electrons. The summed E-state index contributed by atoms with van der Waals surface area (Å²) in [5.74, 6) is -1.40. The van der Waals surface area contributed by atoms with Crippen LogP contribution in [0.2, 0.25) is 10.0 Å². The molecule has 9 heteroatoms. The second-order valence-electron chi connectivity index (χ2n) is 6.38. The number of carbonyl (C=O) groups is 3. The van der Waals surface area contributed by atoms with Gasteiger partial charge in [-0.15, -0.1) is 11.3 Å². The van der Waals surface area contributed by atoms with Gasteiger partial charge in [0.2, 0.25) is 5.91 Å². The lowest BCUT2D eigenvalue weighted by Gasteiger charge is -2.13. The van der Waals surface area contributed by atoms with Crippen molar-refractivity contribution in [3.05, 3.63) is 44.2 Å². The quantitative estimate of drug-likeness (QED) is 0.660. The Bertz CT molecular complexity index is 922. The van der Waals surface area contributed by atoms with Crippen LogP contribution < -0.4 is 10.6 Å². The van der Waals surface area contributed by atoms with E-state index in [2.05, 4.69) is 10.6 Å². The van der Waals surface area contributed by atoms with E-state index >= 15 is 0 Å². The van der Waals surface area contributed by atoms with Gasteiger partial charge in [-0.1, -0.05) is 23.2 Å². The number of carbonyl (C=O) groups excluding carboxylic acids is 3. The molecule has 0 aliphatic heterocycles. The van der Waals surface area contributed by atoms with Gasteiger partial charge in [0, 0.05) is 27.5 Å². The summed E-state index contributed by atoms with van der Waals surface area (Å²) in [4.78, 5) is 37.3.